The van der Waals surface area contributed by atoms with E-state index < -0.39 is 16.5 Å². The van der Waals surface area contributed by atoms with Gasteiger partial charge < -0.3 is 10.4 Å². The fraction of sp³-hybridized carbons (Fsp3) is 0.400. The summed E-state index contributed by atoms with van der Waals surface area (Å²) in [4.78, 5) is 0. The van der Waals surface area contributed by atoms with Crippen molar-refractivity contribution in [3.05, 3.63) is 35.9 Å². The molecule has 0 radical (unpaired) electrons. The average molecular weight is 287 g/mol. The van der Waals surface area contributed by atoms with Crippen molar-refractivity contribution in [2.24, 2.45) is 0 Å². The fourth-order valence-corrected chi connectivity index (χ4v) is 1.10. The van der Waals surface area contributed by atoms with Gasteiger partial charge in [0.1, 0.15) is 0 Å². The molecule has 0 aromatic heterocycles. The van der Waals surface area contributed by atoms with Crippen LogP contribution in [-0.4, -0.2) is 65.3 Å². The first-order valence-electron chi connectivity index (χ1n) is 4.86. The Morgan fingerprint density at radius 1 is 1.17 bits per heavy atom. The van der Waals surface area contributed by atoms with Crippen molar-refractivity contribution >= 4 is 40.0 Å². The number of aliphatic hydroxyl groups excluding tert-OH is 1. The van der Waals surface area contributed by atoms with E-state index in [1.807, 2.05) is 44.3 Å². The van der Waals surface area contributed by atoms with Crippen LogP contribution in [0.4, 0.5) is 0 Å². The van der Waals surface area contributed by atoms with Crippen molar-refractivity contribution in [1.29, 1.82) is 0 Å². The Balaban J connectivity index is 0. The predicted molar refractivity (Wildman–Crippen MR) is 71.2 cm³/mol. The summed E-state index contributed by atoms with van der Waals surface area (Å²) in [7, 11) is -2.82. The minimum atomic E-state index is -4.67. The maximum atomic E-state index is 9.73. The molecular formula is C10H18NNaO5S. The van der Waals surface area contributed by atoms with E-state index in [9.17, 15) is 5.11 Å². The Morgan fingerprint density at radius 2 is 1.56 bits per heavy atom. The molecule has 2 atom stereocenters. The van der Waals surface area contributed by atoms with Gasteiger partial charge in [-0.2, -0.15) is 8.42 Å². The molecule has 0 aliphatic heterocycles. The molecular weight excluding hydrogens is 269 g/mol. The average Bonchev–Trinajstić information content (AvgIpc) is 2.26. The van der Waals surface area contributed by atoms with Crippen LogP contribution in [0, 0.1) is 0 Å². The van der Waals surface area contributed by atoms with Gasteiger partial charge in [0.15, 0.2) is 0 Å². The SMILES string of the molecule is CNC(C)C(O)c1ccccc1.O=S(=O)(O)O.[NaH]. The van der Waals surface area contributed by atoms with E-state index in [4.69, 9.17) is 17.5 Å². The number of hydrogen-bond acceptors (Lipinski definition) is 4. The zero-order valence-corrected chi connectivity index (χ0v) is 10.4. The van der Waals surface area contributed by atoms with E-state index in [0.29, 0.717) is 0 Å². The Morgan fingerprint density at radius 3 is 1.89 bits per heavy atom. The standard InChI is InChI=1S/C10H15NO.Na.H2O4S.H/c1-8(11-2)10(12)9-6-4-3-5-7-9;;1-5(2,3)4;/h3-8,10-12H,1-2H3;;(H2,1,2,3,4);. The molecule has 1 rings (SSSR count). The van der Waals surface area contributed by atoms with E-state index in [2.05, 4.69) is 5.32 Å². The molecule has 0 aliphatic rings. The number of likely N-dealkylation sites (N-methyl/N-ethyl adjacent to an activating group) is 1. The Hall–Kier alpha value is 0.01000. The Bertz CT molecular complexity index is 404. The molecule has 0 spiro atoms. The quantitative estimate of drug-likeness (QED) is 0.461. The summed E-state index contributed by atoms with van der Waals surface area (Å²) in [6, 6.07) is 9.76. The van der Waals surface area contributed by atoms with Crippen LogP contribution in [0.5, 0.6) is 0 Å². The molecule has 0 aliphatic carbocycles. The predicted octanol–water partition coefficient (Wildman–Crippen LogP) is 0.0266. The van der Waals surface area contributed by atoms with Gasteiger partial charge in [-0.1, -0.05) is 30.3 Å². The topological polar surface area (TPSA) is 107 Å². The van der Waals surface area contributed by atoms with E-state index in [0.717, 1.165) is 5.56 Å². The van der Waals surface area contributed by atoms with E-state index in [1.165, 1.54) is 0 Å². The number of hydrogen-bond donors (Lipinski definition) is 4. The molecule has 0 saturated heterocycles. The summed E-state index contributed by atoms with van der Waals surface area (Å²) in [5, 5.41) is 12.7. The molecule has 6 nitrogen and oxygen atoms in total. The first-order chi connectivity index (χ1) is 7.75. The van der Waals surface area contributed by atoms with Gasteiger partial charge in [-0.3, -0.25) is 9.11 Å². The van der Waals surface area contributed by atoms with Crippen molar-refractivity contribution in [1.82, 2.24) is 5.32 Å². The summed E-state index contributed by atoms with van der Waals surface area (Å²) in [5.74, 6) is 0. The van der Waals surface area contributed by atoms with Gasteiger partial charge in [0.05, 0.1) is 6.10 Å². The summed E-state index contributed by atoms with van der Waals surface area (Å²) < 4.78 is 31.6. The molecule has 4 N–H and O–H groups in total. The molecule has 0 heterocycles. The first kappa shape index (κ1) is 20.3. The van der Waals surface area contributed by atoms with Crippen LogP contribution in [0.25, 0.3) is 0 Å². The molecule has 18 heavy (non-hydrogen) atoms. The summed E-state index contributed by atoms with van der Waals surface area (Å²) in [6.07, 6.45) is -0.420. The normalized spacial score (nSPS) is 13.6. The molecule has 2 unspecified atom stereocenters. The zero-order valence-electron chi connectivity index (χ0n) is 9.61. The molecule has 8 heteroatoms. The van der Waals surface area contributed by atoms with Gasteiger partial charge in [-0.25, -0.2) is 0 Å². The van der Waals surface area contributed by atoms with Crippen LogP contribution in [-0.2, 0) is 10.4 Å². The van der Waals surface area contributed by atoms with Gasteiger partial charge in [0.25, 0.3) is 0 Å². The first-order valence-corrected chi connectivity index (χ1v) is 6.25. The van der Waals surface area contributed by atoms with Crippen molar-refractivity contribution in [2.75, 3.05) is 7.05 Å². The fourth-order valence-electron chi connectivity index (χ4n) is 1.10. The number of nitrogens with one attached hydrogen (secondary N) is 1. The van der Waals surface area contributed by atoms with Crippen LogP contribution >= 0.6 is 0 Å². The summed E-state index contributed by atoms with van der Waals surface area (Å²) in [5.41, 5.74) is 0.958. The Labute approximate surface area is 129 Å². The van der Waals surface area contributed by atoms with Crippen LogP contribution in [0.2, 0.25) is 0 Å². The van der Waals surface area contributed by atoms with Crippen molar-refractivity contribution in [2.45, 2.75) is 19.1 Å². The van der Waals surface area contributed by atoms with Crippen LogP contribution in [0.3, 0.4) is 0 Å². The second-order valence-electron chi connectivity index (χ2n) is 3.38. The molecule has 0 bridgehead atoms. The van der Waals surface area contributed by atoms with E-state index >= 15 is 0 Å². The van der Waals surface area contributed by atoms with Crippen LogP contribution in [0.15, 0.2) is 30.3 Å². The monoisotopic (exact) mass is 287 g/mol. The van der Waals surface area contributed by atoms with Gasteiger partial charge >= 0.3 is 40.0 Å². The third-order valence-corrected chi connectivity index (χ3v) is 2.07. The zero-order chi connectivity index (χ0) is 13.5. The molecule has 1 aromatic carbocycles. The molecule has 100 valence electrons. The van der Waals surface area contributed by atoms with Gasteiger partial charge in [0.2, 0.25) is 0 Å². The number of rotatable bonds is 3. The second-order valence-corrected chi connectivity index (χ2v) is 4.28. The third kappa shape index (κ3) is 11.1. The van der Waals surface area contributed by atoms with E-state index in [1.54, 1.807) is 0 Å². The van der Waals surface area contributed by atoms with Crippen molar-refractivity contribution < 1.29 is 22.6 Å². The molecule has 0 amide bonds. The minimum absolute atomic E-state index is 0. The van der Waals surface area contributed by atoms with Crippen molar-refractivity contribution in [3.8, 4) is 0 Å². The second kappa shape index (κ2) is 9.88. The Kier molecular flexibility index (Phi) is 11.2. The van der Waals surface area contributed by atoms with Gasteiger partial charge in [-0.15, -0.1) is 0 Å². The van der Waals surface area contributed by atoms with Crippen molar-refractivity contribution in [3.63, 3.8) is 0 Å². The molecule has 0 saturated carbocycles. The number of aliphatic hydroxyl groups is 1. The summed E-state index contributed by atoms with van der Waals surface area (Å²) >= 11 is 0. The van der Waals surface area contributed by atoms with E-state index in [-0.39, 0.29) is 35.6 Å². The third-order valence-electron chi connectivity index (χ3n) is 2.07. The summed E-state index contributed by atoms with van der Waals surface area (Å²) in [6.45, 7) is 1.96. The van der Waals surface area contributed by atoms with Gasteiger partial charge in [-0.05, 0) is 19.5 Å². The molecule has 0 fully saturated rings. The molecule has 1 aromatic rings. The maximum absolute atomic E-state index is 9.73. The van der Waals surface area contributed by atoms with Crippen LogP contribution < -0.4 is 5.32 Å². The van der Waals surface area contributed by atoms with Crippen LogP contribution in [0.1, 0.15) is 18.6 Å². The number of benzene rings is 1. The van der Waals surface area contributed by atoms with Gasteiger partial charge in [0, 0.05) is 6.04 Å².